The summed E-state index contributed by atoms with van der Waals surface area (Å²) in [5.74, 6) is -2.65. The fraction of sp³-hybridized carbons (Fsp3) is 0.455. The SMILES string of the molecule is O=S(=O)(Cl)Cc1cc(F)c(F)cc1N1CCOCC1. The van der Waals surface area contributed by atoms with Crippen LogP contribution < -0.4 is 4.90 Å². The second-order valence-electron chi connectivity index (χ2n) is 4.18. The zero-order valence-electron chi connectivity index (χ0n) is 9.90. The Bertz CT molecular complexity index is 574. The van der Waals surface area contributed by atoms with Gasteiger partial charge in [0.15, 0.2) is 11.6 Å². The summed E-state index contributed by atoms with van der Waals surface area (Å²) >= 11 is 0. The van der Waals surface area contributed by atoms with Gasteiger partial charge in [0.05, 0.1) is 19.0 Å². The molecule has 1 heterocycles. The van der Waals surface area contributed by atoms with Gasteiger partial charge in [0, 0.05) is 35.5 Å². The van der Waals surface area contributed by atoms with Crippen LogP contribution in [0.5, 0.6) is 0 Å². The van der Waals surface area contributed by atoms with Crippen LogP contribution in [0.4, 0.5) is 14.5 Å². The Balaban J connectivity index is 2.41. The van der Waals surface area contributed by atoms with Gasteiger partial charge >= 0.3 is 0 Å². The van der Waals surface area contributed by atoms with E-state index in [-0.39, 0.29) is 5.56 Å². The van der Waals surface area contributed by atoms with Crippen molar-refractivity contribution in [2.24, 2.45) is 0 Å². The molecule has 8 heteroatoms. The van der Waals surface area contributed by atoms with E-state index >= 15 is 0 Å². The molecule has 4 nitrogen and oxygen atoms in total. The maximum Gasteiger partial charge on any atom is 0.236 e. The van der Waals surface area contributed by atoms with E-state index in [4.69, 9.17) is 15.4 Å². The number of morpholine rings is 1. The van der Waals surface area contributed by atoms with Crippen molar-refractivity contribution in [3.05, 3.63) is 29.3 Å². The summed E-state index contributed by atoms with van der Waals surface area (Å²) in [6.07, 6.45) is 0. The van der Waals surface area contributed by atoms with Gasteiger partial charge in [0.1, 0.15) is 0 Å². The number of hydrogen-bond donors (Lipinski definition) is 0. The molecule has 0 aromatic heterocycles. The van der Waals surface area contributed by atoms with Gasteiger partial charge in [0.2, 0.25) is 9.05 Å². The minimum absolute atomic E-state index is 0.149. The molecule has 0 radical (unpaired) electrons. The highest BCUT2D eigenvalue weighted by molar-refractivity contribution is 8.13. The van der Waals surface area contributed by atoms with Gasteiger partial charge in [-0.2, -0.15) is 0 Å². The number of benzene rings is 1. The number of nitrogens with zero attached hydrogens (tertiary/aromatic N) is 1. The summed E-state index contributed by atoms with van der Waals surface area (Å²) in [7, 11) is 1.34. The maximum absolute atomic E-state index is 13.3. The van der Waals surface area contributed by atoms with Gasteiger partial charge < -0.3 is 9.64 Å². The fourth-order valence-electron chi connectivity index (χ4n) is 1.98. The molecular weight excluding hydrogens is 300 g/mol. The molecular formula is C11H12ClF2NO3S. The number of ether oxygens (including phenoxy) is 1. The maximum atomic E-state index is 13.3. The Kier molecular flexibility index (Phi) is 4.27. The van der Waals surface area contributed by atoms with Crippen molar-refractivity contribution in [1.29, 1.82) is 0 Å². The molecule has 0 bridgehead atoms. The van der Waals surface area contributed by atoms with Crippen LogP contribution in [0.3, 0.4) is 0 Å². The number of rotatable bonds is 3. The second-order valence-corrected chi connectivity index (χ2v) is 6.95. The average molecular weight is 312 g/mol. The summed E-state index contributed by atoms with van der Waals surface area (Å²) < 4.78 is 54.0. The number of anilines is 1. The van der Waals surface area contributed by atoms with E-state index in [9.17, 15) is 17.2 Å². The van der Waals surface area contributed by atoms with Crippen LogP contribution in [0, 0.1) is 11.6 Å². The molecule has 0 N–H and O–H groups in total. The first-order valence-electron chi connectivity index (χ1n) is 5.60. The van der Waals surface area contributed by atoms with Crippen molar-refractivity contribution in [2.75, 3.05) is 31.2 Å². The lowest BCUT2D eigenvalue weighted by atomic mass is 10.1. The zero-order chi connectivity index (χ0) is 14.0. The lowest BCUT2D eigenvalue weighted by molar-refractivity contribution is 0.122. The van der Waals surface area contributed by atoms with Crippen molar-refractivity contribution in [1.82, 2.24) is 0 Å². The highest BCUT2D eigenvalue weighted by Crippen LogP contribution is 2.27. The molecule has 1 aliphatic rings. The number of halogens is 3. The minimum Gasteiger partial charge on any atom is -0.378 e. The van der Waals surface area contributed by atoms with E-state index in [1.807, 2.05) is 0 Å². The Morgan fingerprint density at radius 1 is 1.21 bits per heavy atom. The first kappa shape index (κ1) is 14.5. The fourth-order valence-corrected chi connectivity index (χ4v) is 2.93. The van der Waals surface area contributed by atoms with Gasteiger partial charge in [-0.1, -0.05) is 0 Å². The van der Waals surface area contributed by atoms with Gasteiger partial charge in [-0.05, 0) is 11.6 Å². The third-order valence-corrected chi connectivity index (χ3v) is 3.78. The van der Waals surface area contributed by atoms with E-state index < -0.39 is 26.4 Å². The third-order valence-electron chi connectivity index (χ3n) is 2.80. The Hall–Kier alpha value is -0.920. The van der Waals surface area contributed by atoms with Crippen molar-refractivity contribution >= 4 is 25.4 Å². The first-order valence-corrected chi connectivity index (χ1v) is 8.07. The lowest BCUT2D eigenvalue weighted by Gasteiger charge is -2.30. The van der Waals surface area contributed by atoms with Crippen molar-refractivity contribution < 1.29 is 21.9 Å². The van der Waals surface area contributed by atoms with Crippen LogP contribution in [0.25, 0.3) is 0 Å². The summed E-state index contributed by atoms with van der Waals surface area (Å²) in [6.45, 7) is 1.87. The molecule has 2 rings (SSSR count). The molecule has 19 heavy (non-hydrogen) atoms. The van der Waals surface area contributed by atoms with Crippen LogP contribution in [0.2, 0.25) is 0 Å². The summed E-state index contributed by atoms with van der Waals surface area (Å²) in [5, 5.41) is 0. The predicted molar refractivity (Wildman–Crippen MR) is 67.9 cm³/mol. The monoisotopic (exact) mass is 311 g/mol. The zero-order valence-corrected chi connectivity index (χ0v) is 11.5. The van der Waals surface area contributed by atoms with E-state index in [0.717, 1.165) is 12.1 Å². The Morgan fingerprint density at radius 3 is 2.37 bits per heavy atom. The van der Waals surface area contributed by atoms with Crippen molar-refractivity contribution in [3.63, 3.8) is 0 Å². The van der Waals surface area contributed by atoms with Gasteiger partial charge in [-0.15, -0.1) is 0 Å². The van der Waals surface area contributed by atoms with E-state index in [1.54, 1.807) is 4.90 Å². The quantitative estimate of drug-likeness (QED) is 0.800. The molecule has 0 unspecified atom stereocenters. The molecule has 1 aliphatic heterocycles. The van der Waals surface area contributed by atoms with Crippen molar-refractivity contribution in [2.45, 2.75) is 5.75 Å². The Morgan fingerprint density at radius 2 is 1.79 bits per heavy atom. The average Bonchev–Trinajstić information content (AvgIpc) is 2.33. The molecule has 0 atom stereocenters. The molecule has 1 aromatic carbocycles. The van der Waals surface area contributed by atoms with Crippen LogP contribution in [0.1, 0.15) is 5.56 Å². The van der Waals surface area contributed by atoms with Crippen LogP contribution >= 0.6 is 10.7 Å². The Labute approximate surface area is 114 Å². The molecule has 0 amide bonds. The molecule has 0 saturated carbocycles. The summed E-state index contributed by atoms with van der Waals surface area (Å²) in [4.78, 5) is 1.75. The predicted octanol–water partition coefficient (Wildman–Crippen LogP) is 1.87. The number of hydrogen-bond acceptors (Lipinski definition) is 4. The largest absolute Gasteiger partial charge is 0.378 e. The van der Waals surface area contributed by atoms with E-state index in [1.165, 1.54) is 0 Å². The van der Waals surface area contributed by atoms with Gasteiger partial charge in [-0.3, -0.25) is 0 Å². The molecule has 1 saturated heterocycles. The third kappa shape index (κ3) is 3.77. The topological polar surface area (TPSA) is 46.6 Å². The minimum atomic E-state index is -3.84. The van der Waals surface area contributed by atoms with Gasteiger partial charge in [0.25, 0.3) is 0 Å². The summed E-state index contributed by atoms with van der Waals surface area (Å²) in [5.41, 5.74) is 0.488. The van der Waals surface area contributed by atoms with Crippen LogP contribution in [-0.2, 0) is 19.5 Å². The van der Waals surface area contributed by atoms with Crippen molar-refractivity contribution in [3.8, 4) is 0 Å². The molecule has 1 aromatic rings. The smallest absolute Gasteiger partial charge is 0.236 e. The van der Waals surface area contributed by atoms with E-state index in [0.29, 0.717) is 32.0 Å². The normalized spacial score (nSPS) is 16.7. The van der Waals surface area contributed by atoms with E-state index in [2.05, 4.69) is 0 Å². The molecule has 1 fully saturated rings. The standard InChI is InChI=1S/C11H12ClF2NO3S/c12-19(16,17)7-8-5-9(13)10(14)6-11(8)15-1-3-18-4-2-15/h5-6H,1-4,7H2. The molecule has 0 aliphatic carbocycles. The molecule has 0 spiro atoms. The molecule has 106 valence electrons. The van der Waals surface area contributed by atoms with Crippen LogP contribution in [0.15, 0.2) is 12.1 Å². The van der Waals surface area contributed by atoms with Gasteiger partial charge in [-0.25, -0.2) is 17.2 Å². The second kappa shape index (κ2) is 5.60. The highest BCUT2D eigenvalue weighted by atomic mass is 35.7. The first-order chi connectivity index (χ1) is 8.87. The summed E-state index contributed by atoms with van der Waals surface area (Å²) in [6, 6.07) is 1.87. The van der Waals surface area contributed by atoms with Crippen LogP contribution in [-0.4, -0.2) is 34.7 Å². The highest BCUT2D eigenvalue weighted by Gasteiger charge is 2.20. The lowest BCUT2D eigenvalue weighted by Crippen LogP contribution is -2.37.